The van der Waals surface area contributed by atoms with Crippen LogP contribution >= 0.6 is 0 Å². The van der Waals surface area contributed by atoms with Gasteiger partial charge in [-0.1, -0.05) is 54.6 Å². The zero-order valence-corrected chi connectivity index (χ0v) is 17.3. The molecule has 5 heteroatoms. The predicted octanol–water partition coefficient (Wildman–Crippen LogP) is 4.94. The number of aryl methyl sites for hydroxylation is 1. The van der Waals surface area contributed by atoms with E-state index in [4.69, 9.17) is 0 Å². The quantitative estimate of drug-likeness (QED) is 0.572. The van der Waals surface area contributed by atoms with Crippen LogP contribution in [0.15, 0.2) is 66.7 Å². The van der Waals surface area contributed by atoms with Gasteiger partial charge in [0.25, 0.3) is 0 Å². The van der Waals surface area contributed by atoms with E-state index in [-0.39, 0.29) is 12.3 Å². The summed E-state index contributed by atoms with van der Waals surface area (Å²) in [5.41, 5.74) is 5.05. The minimum absolute atomic E-state index is 0.129. The van der Waals surface area contributed by atoms with Gasteiger partial charge in [-0.3, -0.25) is 4.79 Å². The average Bonchev–Trinajstić information content (AvgIpc) is 2.73. The highest BCUT2D eigenvalue weighted by molar-refractivity contribution is 5.77. The molecule has 0 bridgehead atoms. The Kier molecular flexibility index (Phi) is 7.31. The van der Waals surface area contributed by atoms with Crippen LogP contribution in [-0.4, -0.2) is 24.9 Å². The first kappa shape index (κ1) is 21.7. The van der Waals surface area contributed by atoms with Crippen LogP contribution in [0.4, 0.5) is 8.78 Å². The molecule has 156 valence electrons. The number of nitrogens with one attached hydrogen (secondary N) is 1. The Morgan fingerprint density at radius 1 is 0.900 bits per heavy atom. The number of hydrogen-bond donors (Lipinski definition) is 1. The third-order valence-electron chi connectivity index (χ3n) is 4.88. The molecule has 0 spiro atoms. The highest BCUT2D eigenvalue weighted by Crippen LogP contribution is 2.24. The van der Waals surface area contributed by atoms with Crippen LogP contribution in [0.2, 0.25) is 0 Å². The number of carbonyl (C=O) groups is 1. The summed E-state index contributed by atoms with van der Waals surface area (Å²) < 4.78 is 26.3. The lowest BCUT2D eigenvalue weighted by atomic mass is 9.98. The molecule has 3 aromatic rings. The first-order chi connectivity index (χ1) is 14.4. The van der Waals surface area contributed by atoms with E-state index in [9.17, 15) is 13.6 Å². The van der Waals surface area contributed by atoms with Gasteiger partial charge in [-0.25, -0.2) is 8.78 Å². The molecule has 3 nitrogen and oxygen atoms in total. The van der Waals surface area contributed by atoms with Crippen molar-refractivity contribution in [3.8, 4) is 11.1 Å². The zero-order valence-electron chi connectivity index (χ0n) is 17.3. The maximum Gasteiger partial charge on any atom is 0.220 e. The smallest absolute Gasteiger partial charge is 0.220 e. The van der Waals surface area contributed by atoms with Crippen LogP contribution in [0, 0.1) is 11.6 Å². The van der Waals surface area contributed by atoms with Crippen molar-refractivity contribution < 1.29 is 13.6 Å². The van der Waals surface area contributed by atoms with Gasteiger partial charge in [0.2, 0.25) is 5.91 Å². The lowest BCUT2D eigenvalue weighted by Gasteiger charge is -2.13. The molecule has 0 aliphatic rings. The van der Waals surface area contributed by atoms with Gasteiger partial charge in [-0.2, -0.15) is 0 Å². The summed E-state index contributed by atoms with van der Waals surface area (Å²) in [6.07, 6.45) is 0.574. The second kappa shape index (κ2) is 10.1. The van der Waals surface area contributed by atoms with Gasteiger partial charge in [0.05, 0.1) is 0 Å². The third kappa shape index (κ3) is 5.97. The van der Waals surface area contributed by atoms with Gasteiger partial charge >= 0.3 is 0 Å². The normalized spacial score (nSPS) is 11.0. The molecule has 1 amide bonds. The monoisotopic (exact) mass is 408 g/mol. The maximum absolute atomic E-state index is 13.3. The molecular formula is C25H26F2N2O. The Hall–Kier alpha value is -3.05. The van der Waals surface area contributed by atoms with Crippen molar-refractivity contribution in [2.45, 2.75) is 25.9 Å². The van der Waals surface area contributed by atoms with E-state index in [1.165, 1.54) is 11.6 Å². The Bertz CT molecular complexity index is 1000. The molecule has 3 aromatic carbocycles. The lowest BCUT2D eigenvalue weighted by Crippen LogP contribution is -2.23. The van der Waals surface area contributed by atoms with Crippen molar-refractivity contribution in [2.75, 3.05) is 14.1 Å². The number of carbonyl (C=O) groups excluding carboxylic acids is 1. The van der Waals surface area contributed by atoms with Gasteiger partial charge in [0, 0.05) is 19.5 Å². The summed E-state index contributed by atoms with van der Waals surface area (Å²) >= 11 is 0. The lowest BCUT2D eigenvalue weighted by molar-refractivity contribution is -0.121. The maximum atomic E-state index is 13.3. The molecular weight excluding hydrogens is 382 g/mol. The van der Waals surface area contributed by atoms with E-state index in [0.29, 0.717) is 18.5 Å². The summed E-state index contributed by atoms with van der Waals surface area (Å²) in [7, 11) is 4.08. The summed E-state index contributed by atoms with van der Waals surface area (Å²) in [4.78, 5) is 14.4. The second-order valence-corrected chi connectivity index (χ2v) is 7.62. The van der Waals surface area contributed by atoms with Crippen molar-refractivity contribution in [1.29, 1.82) is 0 Å². The fourth-order valence-corrected chi connectivity index (χ4v) is 3.35. The Balaban J connectivity index is 1.60. The topological polar surface area (TPSA) is 32.3 Å². The number of amides is 1. The highest BCUT2D eigenvalue weighted by atomic mass is 19.2. The molecule has 0 aliphatic heterocycles. The molecule has 30 heavy (non-hydrogen) atoms. The minimum atomic E-state index is -0.890. The van der Waals surface area contributed by atoms with Crippen molar-refractivity contribution in [3.63, 3.8) is 0 Å². The van der Waals surface area contributed by atoms with Crippen LogP contribution in [0.5, 0.6) is 0 Å². The van der Waals surface area contributed by atoms with Crippen molar-refractivity contribution in [3.05, 3.63) is 95.1 Å². The van der Waals surface area contributed by atoms with E-state index in [1.54, 1.807) is 0 Å². The van der Waals surface area contributed by atoms with E-state index in [0.717, 1.165) is 35.4 Å². The molecule has 0 heterocycles. The van der Waals surface area contributed by atoms with E-state index in [1.807, 2.05) is 38.4 Å². The molecule has 1 N–H and O–H groups in total. The zero-order chi connectivity index (χ0) is 21.5. The van der Waals surface area contributed by atoms with Crippen LogP contribution in [0.3, 0.4) is 0 Å². The fourth-order valence-electron chi connectivity index (χ4n) is 3.35. The largest absolute Gasteiger partial charge is 0.352 e. The van der Waals surface area contributed by atoms with Gasteiger partial charge in [0.15, 0.2) is 11.6 Å². The summed E-state index contributed by atoms with van der Waals surface area (Å²) in [6.45, 7) is 1.29. The molecule has 0 aromatic heterocycles. The SMILES string of the molecule is CN(C)Cc1ccc(-c2ccccc2CNC(=O)CCc2ccc(F)c(F)c2)cc1. The first-order valence-corrected chi connectivity index (χ1v) is 9.95. The highest BCUT2D eigenvalue weighted by Gasteiger charge is 2.09. The van der Waals surface area contributed by atoms with E-state index >= 15 is 0 Å². The van der Waals surface area contributed by atoms with E-state index < -0.39 is 11.6 Å². The predicted molar refractivity (Wildman–Crippen MR) is 116 cm³/mol. The van der Waals surface area contributed by atoms with Crippen LogP contribution in [0.1, 0.15) is 23.1 Å². The van der Waals surface area contributed by atoms with Crippen LogP contribution in [-0.2, 0) is 24.3 Å². The first-order valence-electron chi connectivity index (χ1n) is 9.95. The summed E-state index contributed by atoms with van der Waals surface area (Å²) in [6, 6.07) is 20.1. The summed E-state index contributed by atoms with van der Waals surface area (Å²) in [5.74, 6) is -1.90. The van der Waals surface area contributed by atoms with Gasteiger partial charge in [0.1, 0.15) is 0 Å². The molecule has 3 rings (SSSR count). The molecule has 0 fully saturated rings. The third-order valence-corrected chi connectivity index (χ3v) is 4.88. The Morgan fingerprint density at radius 3 is 2.30 bits per heavy atom. The van der Waals surface area contributed by atoms with Crippen LogP contribution in [0.25, 0.3) is 11.1 Å². The number of hydrogen-bond acceptors (Lipinski definition) is 2. The second-order valence-electron chi connectivity index (χ2n) is 7.62. The molecule has 0 atom stereocenters. The molecule has 0 unspecified atom stereocenters. The Labute approximate surface area is 176 Å². The molecule has 0 saturated carbocycles. The van der Waals surface area contributed by atoms with Crippen molar-refractivity contribution in [2.24, 2.45) is 0 Å². The standard InChI is InChI=1S/C25H26F2N2O/c1-29(2)17-19-7-11-20(12-8-19)22-6-4-3-5-21(22)16-28-25(30)14-10-18-9-13-23(26)24(27)15-18/h3-9,11-13,15H,10,14,16-17H2,1-2H3,(H,28,30). The number of halogens is 2. The molecule has 0 radical (unpaired) electrons. The average molecular weight is 408 g/mol. The number of rotatable bonds is 8. The van der Waals surface area contributed by atoms with Gasteiger partial charge in [-0.15, -0.1) is 0 Å². The molecule has 0 saturated heterocycles. The number of benzene rings is 3. The van der Waals surface area contributed by atoms with E-state index in [2.05, 4.69) is 34.5 Å². The number of nitrogens with zero attached hydrogens (tertiary/aromatic N) is 1. The van der Waals surface area contributed by atoms with Gasteiger partial charge in [-0.05, 0) is 60.5 Å². The minimum Gasteiger partial charge on any atom is -0.352 e. The van der Waals surface area contributed by atoms with Crippen LogP contribution < -0.4 is 5.32 Å². The van der Waals surface area contributed by atoms with Crippen molar-refractivity contribution in [1.82, 2.24) is 10.2 Å². The van der Waals surface area contributed by atoms with Crippen molar-refractivity contribution >= 4 is 5.91 Å². The van der Waals surface area contributed by atoms with Gasteiger partial charge < -0.3 is 10.2 Å². The molecule has 0 aliphatic carbocycles. The summed E-state index contributed by atoms with van der Waals surface area (Å²) in [5, 5.41) is 2.93. The Morgan fingerprint density at radius 2 is 1.60 bits per heavy atom. The fraction of sp³-hybridized carbons (Fsp3) is 0.240.